The van der Waals surface area contributed by atoms with Gasteiger partial charge < -0.3 is 9.47 Å². The summed E-state index contributed by atoms with van der Waals surface area (Å²) < 4.78 is 9.74. The molecule has 0 spiro atoms. The van der Waals surface area contributed by atoms with Crippen LogP contribution in [0.15, 0.2) is 24.3 Å². The van der Waals surface area contributed by atoms with Crippen LogP contribution in [0.25, 0.3) is 0 Å². The first-order chi connectivity index (χ1) is 8.69. The van der Waals surface area contributed by atoms with E-state index in [2.05, 4.69) is 24.3 Å². The summed E-state index contributed by atoms with van der Waals surface area (Å²) in [7, 11) is 2.74. The molecule has 0 amide bonds. The first-order valence-electron chi connectivity index (χ1n) is 6.21. The van der Waals surface area contributed by atoms with Gasteiger partial charge in [-0.25, -0.2) is 0 Å². The van der Waals surface area contributed by atoms with Crippen LogP contribution in [0.2, 0.25) is 0 Å². The molecule has 2 unspecified atom stereocenters. The molecule has 4 heteroatoms. The van der Waals surface area contributed by atoms with Gasteiger partial charge in [-0.05, 0) is 23.7 Å². The van der Waals surface area contributed by atoms with Crippen molar-refractivity contribution in [1.29, 1.82) is 0 Å². The summed E-state index contributed by atoms with van der Waals surface area (Å²) in [6, 6.07) is 0. The SMILES string of the molecule is COC(=O)[C@@H]1[C@H](C(=O)OC)[C@H]2C=C[C@H]1C1C=CC12. The van der Waals surface area contributed by atoms with E-state index < -0.39 is 11.8 Å². The molecule has 18 heavy (non-hydrogen) atoms. The van der Waals surface area contributed by atoms with Crippen molar-refractivity contribution in [2.45, 2.75) is 0 Å². The number of esters is 2. The fraction of sp³-hybridized carbons (Fsp3) is 0.571. The fourth-order valence-corrected chi connectivity index (χ4v) is 3.73. The Morgan fingerprint density at radius 2 is 1.06 bits per heavy atom. The lowest BCUT2D eigenvalue weighted by Crippen LogP contribution is -2.55. The number of methoxy groups -OCH3 is 2. The van der Waals surface area contributed by atoms with Crippen LogP contribution >= 0.6 is 0 Å². The molecular weight excluding hydrogens is 232 g/mol. The predicted octanol–water partition coefficient (Wildman–Crippen LogP) is 1.18. The van der Waals surface area contributed by atoms with E-state index in [1.54, 1.807) is 0 Å². The molecule has 4 aliphatic carbocycles. The van der Waals surface area contributed by atoms with Crippen LogP contribution in [-0.2, 0) is 19.1 Å². The molecule has 0 aromatic heterocycles. The van der Waals surface area contributed by atoms with Crippen LogP contribution in [0, 0.1) is 35.5 Å². The maximum absolute atomic E-state index is 12.0. The van der Waals surface area contributed by atoms with E-state index in [9.17, 15) is 9.59 Å². The third-order valence-corrected chi connectivity index (χ3v) is 4.61. The summed E-state index contributed by atoms with van der Waals surface area (Å²) in [6.45, 7) is 0. The maximum atomic E-state index is 12.0. The van der Waals surface area contributed by atoms with Crippen LogP contribution in [0.3, 0.4) is 0 Å². The third-order valence-electron chi connectivity index (χ3n) is 4.61. The molecule has 1 fully saturated rings. The molecule has 1 saturated carbocycles. The molecule has 4 nitrogen and oxygen atoms in total. The van der Waals surface area contributed by atoms with Crippen molar-refractivity contribution in [2.24, 2.45) is 35.5 Å². The van der Waals surface area contributed by atoms with Gasteiger partial charge in [0.25, 0.3) is 0 Å². The Bertz CT molecular complexity index is 411. The van der Waals surface area contributed by atoms with Gasteiger partial charge >= 0.3 is 11.9 Å². The predicted molar refractivity (Wildman–Crippen MR) is 63.3 cm³/mol. The number of ether oxygens (including phenoxy) is 2. The highest BCUT2D eigenvalue weighted by Gasteiger charge is 2.58. The second-order valence-corrected chi connectivity index (χ2v) is 5.18. The van der Waals surface area contributed by atoms with Gasteiger partial charge in [0, 0.05) is 0 Å². The summed E-state index contributed by atoms with van der Waals surface area (Å²) in [6.07, 6.45) is 8.40. The second kappa shape index (κ2) is 3.97. The Morgan fingerprint density at radius 3 is 1.33 bits per heavy atom. The van der Waals surface area contributed by atoms with E-state index in [4.69, 9.17) is 9.47 Å². The monoisotopic (exact) mass is 248 g/mol. The largest absolute Gasteiger partial charge is 0.469 e. The summed E-state index contributed by atoms with van der Waals surface area (Å²) in [5.74, 6) is -0.502. The van der Waals surface area contributed by atoms with E-state index in [1.807, 2.05) is 0 Å². The van der Waals surface area contributed by atoms with Crippen molar-refractivity contribution in [3.63, 3.8) is 0 Å². The van der Waals surface area contributed by atoms with Crippen LogP contribution in [0.5, 0.6) is 0 Å². The van der Waals surface area contributed by atoms with Gasteiger partial charge in [-0.15, -0.1) is 0 Å². The third kappa shape index (κ3) is 1.32. The summed E-state index contributed by atoms with van der Waals surface area (Å²) >= 11 is 0. The normalized spacial score (nSPS) is 43.0. The zero-order valence-corrected chi connectivity index (χ0v) is 10.4. The molecule has 6 atom stereocenters. The maximum Gasteiger partial charge on any atom is 0.310 e. The van der Waals surface area contributed by atoms with Crippen molar-refractivity contribution >= 4 is 11.9 Å². The van der Waals surface area contributed by atoms with Crippen molar-refractivity contribution in [3.8, 4) is 0 Å². The zero-order chi connectivity index (χ0) is 12.9. The zero-order valence-electron chi connectivity index (χ0n) is 10.4. The van der Waals surface area contributed by atoms with Crippen LogP contribution in [0.4, 0.5) is 0 Å². The summed E-state index contributed by atoms with van der Waals surface area (Å²) in [5, 5.41) is 0. The minimum Gasteiger partial charge on any atom is -0.469 e. The van der Waals surface area contributed by atoms with Gasteiger partial charge in [-0.2, -0.15) is 0 Å². The molecule has 2 bridgehead atoms. The molecule has 4 aliphatic rings. The van der Waals surface area contributed by atoms with Gasteiger partial charge in [0.2, 0.25) is 0 Å². The molecule has 0 aliphatic heterocycles. The van der Waals surface area contributed by atoms with Crippen molar-refractivity contribution in [3.05, 3.63) is 24.3 Å². The Kier molecular flexibility index (Phi) is 2.54. The van der Waals surface area contributed by atoms with Crippen molar-refractivity contribution < 1.29 is 19.1 Å². The van der Waals surface area contributed by atoms with E-state index in [0.717, 1.165) is 0 Å². The molecule has 0 saturated heterocycles. The Hall–Kier alpha value is -1.58. The first kappa shape index (κ1) is 11.5. The fourth-order valence-electron chi connectivity index (χ4n) is 3.73. The van der Waals surface area contributed by atoms with Crippen LogP contribution < -0.4 is 0 Å². The topological polar surface area (TPSA) is 52.6 Å². The molecule has 0 heterocycles. The number of rotatable bonds is 2. The Balaban J connectivity index is 2.00. The highest BCUT2D eigenvalue weighted by molar-refractivity contribution is 5.84. The lowest BCUT2D eigenvalue weighted by Gasteiger charge is -2.53. The smallest absolute Gasteiger partial charge is 0.310 e. The minimum absolute atomic E-state index is 0.0709. The average molecular weight is 248 g/mol. The van der Waals surface area contributed by atoms with Gasteiger partial charge in [0.1, 0.15) is 0 Å². The molecule has 0 aromatic rings. The number of allylic oxidation sites excluding steroid dienone is 4. The van der Waals surface area contributed by atoms with Crippen LogP contribution in [0.1, 0.15) is 0 Å². The van der Waals surface area contributed by atoms with Crippen molar-refractivity contribution in [1.82, 2.24) is 0 Å². The first-order valence-corrected chi connectivity index (χ1v) is 6.21. The summed E-state index contributed by atoms with van der Waals surface area (Å²) in [5.41, 5.74) is 0. The number of carbonyl (C=O) groups is 2. The summed E-state index contributed by atoms with van der Waals surface area (Å²) in [4.78, 5) is 24.0. The molecule has 4 rings (SSSR count). The number of carbonyl (C=O) groups excluding carboxylic acids is 2. The van der Waals surface area contributed by atoms with E-state index in [0.29, 0.717) is 11.8 Å². The van der Waals surface area contributed by atoms with E-state index in [1.165, 1.54) is 14.2 Å². The second-order valence-electron chi connectivity index (χ2n) is 5.18. The number of fused-ring (bicyclic) bond motifs is 1. The molecule has 96 valence electrons. The van der Waals surface area contributed by atoms with E-state index >= 15 is 0 Å². The van der Waals surface area contributed by atoms with Gasteiger partial charge in [-0.3, -0.25) is 9.59 Å². The standard InChI is InChI=1S/C14H16O4/c1-17-13(15)11-9-5-6-10(8-4-3-7(8)9)12(11)14(16)18-2/h3-12H,1-2H3/t7?,8?,9-,10-,11-,12+/m0/s1. The molecule has 0 aromatic carbocycles. The minimum atomic E-state index is -0.399. The Morgan fingerprint density at radius 1 is 0.722 bits per heavy atom. The quantitative estimate of drug-likeness (QED) is 0.544. The highest BCUT2D eigenvalue weighted by atomic mass is 16.5. The molecular formula is C14H16O4. The number of hydrogen-bond donors (Lipinski definition) is 0. The highest BCUT2D eigenvalue weighted by Crippen LogP contribution is 2.56. The molecule has 0 N–H and O–H groups in total. The molecule has 0 radical (unpaired) electrons. The van der Waals surface area contributed by atoms with Crippen molar-refractivity contribution in [2.75, 3.05) is 14.2 Å². The van der Waals surface area contributed by atoms with Gasteiger partial charge in [0.15, 0.2) is 0 Å². The lowest BCUT2D eigenvalue weighted by molar-refractivity contribution is -0.167. The van der Waals surface area contributed by atoms with E-state index in [-0.39, 0.29) is 23.8 Å². The van der Waals surface area contributed by atoms with Gasteiger partial charge in [0.05, 0.1) is 26.1 Å². The average Bonchev–Trinajstić information content (AvgIpc) is 2.35. The van der Waals surface area contributed by atoms with Crippen LogP contribution in [-0.4, -0.2) is 26.2 Å². The lowest BCUT2D eigenvalue weighted by atomic mass is 9.50. The Labute approximate surface area is 106 Å². The number of hydrogen-bond acceptors (Lipinski definition) is 4. The van der Waals surface area contributed by atoms with Gasteiger partial charge in [-0.1, -0.05) is 24.3 Å².